The molecule has 0 bridgehead atoms. The van der Waals surface area contributed by atoms with Gasteiger partial charge in [-0.15, -0.1) is 0 Å². The zero-order valence-corrected chi connectivity index (χ0v) is 11.6. The first-order valence-electron chi connectivity index (χ1n) is 6.38. The van der Waals surface area contributed by atoms with Gasteiger partial charge in [0.1, 0.15) is 12.4 Å². The molecule has 5 heteroatoms. The summed E-state index contributed by atoms with van der Waals surface area (Å²) in [6.45, 7) is 4.78. The van der Waals surface area contributed by atoms with Crippen LogP contribution in [0.2, 0.25) is 0 Å². The summed E-state index contributed by atoms with van der Waals surface area (Å²) < 4.78 is 20.4. The highest BCUT2D eigenvalue weighted by molar-refractivity contribution is 6.07. The van der Waals surface area contributed by atoms with Gasteiger partial charge in [0.25, 0.3) is 0 Å². The SMILES string of the molecule is CC(=O)c1cn(CC(=O)OC(C)C)c2c(F)cccc12. The number of rotatable bonds is 4. The van der Waals surface area contributed by atoms with Gasteiger partial charge >= 0.3 is 5.97 Å². The molecule has 2 aromatic rings. The molecule has 0 radical (unpaired) electrons. The topological polar surface area (TPSA) is 48.3 Å². The number of nitrogens with zero attached hydrogens (tertiary/aromatic N) is 1. The summed E-state index contributed by atoms with van der Waals surface area (Å²) in [5, 5.41) is 0.509. The molecule has 2 rings (SSSR count). The Kier molecular flexibility index (Phi) is 3.88. The van der Waals surface area contributed by atoms with Crippen LogP contribution in [0.1, 0.15) is 31.1 Å². The number of esters is 1. The Morgan fingerprint density at radius 3 is 2.65 bits per heavy atom. The van der Waals surface area contributed by atoms with Crippen molar-refractivity contribution in [2.24, 2.45) is 0 Å². The van der Waals surface area contributed by atoms with Crippen molar-refractivity contribution in [3.8, 4) is 0 Å². The van der Waals surface area contributed by atoms with Gasteiger partial charge in [-0.3, -0.25) is 9.59 Å². The van der Waals surface area contributed by atoms with E-state index < -0.39 is 11.8 Å². The normalized spacial score (nSPS) is 11.1. The Morgan fingerprint density at radius 2 is 2.05 bits per heavy atom. The monoisotopic (exact) mass is 277 g/mol. The Morgan fingerprint density at radius 1 is 1.35 bits per heavy atom. The highest BCUT2D eigenvalue weighted by atomic mass is 19.1. The highest BCUT2D eigenvalue weighted by Crippen LogP contribution is 2.24. The van der Waals surface area contributed by atoms with E-state index in [4.69, 9.17) is 4.74 Å². The van der Waals surface area contributed by atoms with Gasteiger partial charge in [0.05, 0.1) is 11.6 Å². The second-order valence-corrected chi connectivity index (χ2v) is 4.90. The first-order chi connectivity index (χ1) is 9.40. The molecule has 1 aromatic carbocycles. The van der Waals surface area contributed by atoms with E-state index >= 15 is 0 Å². The van der Waals surface area contributed by atoms with Gasteiger partial charge in [0, 0.05) is 17.1 Å². The maximum Gasteiger partial charge on any atom is 0.326 e. The van der Waals surface area contributed by atoms with E-state index in [0.29, 0.717) is 10.9 Å². The summed E-state index contributed by atoms with van der Waals surface area (Å²) in [4.78, 5) is 23.3. The molecule has 0 amide bonds. The molecular weight excluding hydrogens is 261 g/mol. The fourth-order valence-electron chi connectivity index (χ4n) is 2.16. The lowest BCUT2D eigenvalue weighted by atomic mass is 10.1. The zero-order chi connectivity index (χ0) is 14.9. The van der Waals surface area contributed by atoms with Gasteiger partial charge < -0.3 is 9.30 Å². The molecule has 0 spiro atoms. The highest BCUT2D eigenvalue weighted by Gasteiger charge is 2.17. The zero-order valence-electron chi connectivity index (χ0n) is 11.6. The molecular formula is C15H16FNO3. The van der Waals surface area contributed by atoms with Crippen molar-refractivity contribution in [3.63, 3.8) is 0 Å². The summed E-state index contributed by atoms with van der Waals surface area (Å²) in [6.07, 6.45) is 1.26. The Labute approximate surface area is 116 Å². The fraction of sp³-hybridized carbons (Fsp3) is 0.333. The van der Waals surface area contributed by atoms with Crippen molar-refractivity contribution in [2.75, 3.05) is 0 Å². The molecule has 0 N–H and O–H groups in total. The van der Waals surface area contributed by atoms with E-state index in [0.717, 1.165) is 0 Å². The number of carbonyl (C=O) groups is 2. The fourth-order valence-corrected chi connectivity index (χ4v) is 2.16. The number of fused-ring (bicyclic) bond motifs is 1. The van der Waals surface area contributed by atoms with Gasteiger partial charge in [-0.05, 0) is 26.8 Å². The van der Waals surface area contributed by atoms with E-state index in [1.165, 1.54) is 23.8 Å². The van der Waals surface area contributed by atoms with Crippen LogP contribution in [0.3, 0.4) is 0 Å². The quantitative estimate of drug-likeness (QED) is 0.637. The van der Waals surface area contributed by atoms with E-state index in [1.807, 2.05) is 0 Å². The van der Waals surface area contributed by atoms with Crippen molar-refractivity contribution in [1.82, 2.24) is 4.57 Å². The number of hydrogen-bond donors (Lipinski definition) is 0. The summed E-state index contributed by atoms with van der Waals surface area (Å²) in [7, 11) is 0. The lowest BCUT2D eigenvalue weighted by Crippen LogP contribution is -2.17. The van der Waals surface area contributed by atoms with Crippen molar-refractivity contribution < 1.29 is 18.7 Å². The third-order valence-corrected chi connectivity index (χ3v) is 2.89. The minimum atomic E-state index is -0.465. The standard InChI is InChI=1S/C15H16FNO3/c1-9(2)20-14(19)8-17-7-12(10(3)18)11-5-4-6-13(16)15(11)17/h4-7,9H,8H2,1-3H3. The van der Waals surface area contributed by atoms with Crippen LogP contribution in [0.4, 0.5) is 4.39 Å². The van der Waals surface area contributed by atoms with Crippen LogP contribution in [0.25, 0.3) is 10.9 Å². The molecule has 0 unspecified atom stereocenters. The van der Waals surface area contributed by atoms with Crippen molar-refractivity contribution in [1.29, 1.82) is 0 Å². The molecule has 0 atom stereocenters. The molecule has 0 aliphatic carbocycles. The van der Waals surface area contributed by atoms with E-state index in [-0.39, 0.29) is 23.9 Å². The second kappa shape index (κ2) is 5.45. The number of ether oxygens (including phenoxy) is 1. The van der Waals surface area contributed by atoms with Gasteiger partial charge in [0.2, 0.25) is 0 Å². The van der Waals surface area contributed by atoms with Crippen molar-refractivity contribution in [2.45, 2.75) is 33.4 Å². The molecule has 1 aromatic heterocycles. The van der Waals surface area contributed by atoms with Crippen molar-refractivity contribution >= 4 is 22.7 Å². The number of para-hydroxylation sites is 1. The molecule has 0 fully saturated rings. The van der Waals surface area contributed by atoms with Crippen LogP contribution in [0, 0.1) is 5.82 Å². The number of Topliss-reactive ketones (excluding diaryl/α,β-unsaturated/α-hetero) is 1. The summed E-state index contributed by atoms with van der Waals surface area (Å²) >= 11 is 0. The maximum atomic E-state index is 14.0. The van der Waals surface area contributed by atoms with Crippen LogP contribution < -0.4 is 0 Å². The first kappa shape index (κ1) is 14.2. The van der Waals surface area contributed by atoms with Crippen LogP contribution >= 0.6 is 0 Å². The van der Waals surface area contributed by atoms with Gasteiger partial charge in [-0.2, -0.15) is 0 Å². The van der Waals surface area contributed by atoms with Gasteiger partial charge in [-0.1, -0.05) is 12.1 Å². The van der Waals surface area contributed by atoms with E-state index in [9.17, 15) is 14.0 Å². The molecule has 0 saturated heterocycles. The Hall–Kier alpha value is -2.17. The van der Waals surface area contributed by atoms with Crippen LogP contribution in [0.5, 0.6) is 0 Å². The Balaban J connectivity index is 2.48. The van der Waals surface area contributed by atoms with Crippen LogP contribution in [-0.4, -0.2) is 22.4 Å². The number of hydrogen-bond acceptors (Lipinski definition) is 3. The van der Waals surface area contributed by atoms with E-state index in [1.54, 1.807) is 26.0 Å². The summed E-state index contributed by atoms with van der Waals surface area (Å²) in [5.74, 6) is -1.10. The summed E-state index contributed by atoms with van der Waals surface area (Å²) in [5.41, 5.74) is 0.648. The predicted octanol–water partition coefficient (Wildman–Crippen LogP) is 2.93. The number of halogens is 1. The minimum Gasteiger partial charge on any atom is -0.462 e. The van der Waals surface area contributed by atoms with Crippen LogP contribution in [0.15, 0.2) is 24.4 Å². The number of benzene rings is 1. The average Bonchev–Trinajstić information content (AvgIpc) is 2.68. The third-order valence-electron chi connectivity index (χ3n) is 2.89. The predicted molar refractivity (Wildman–Crippen MR) is 73.1 cm³/mol. The molecule has 4 nitrogen and oxygen atoms in total. The molecule has 0 aliphatic rings. The third kappa shape index (κ3) is 2.71. The van der Waals surface area contributed by atoms with Gasteiger partial charge in [-0.25, -0.2) is 4.39 Å². The molecule has 0 saturated carbocycles. The lowest BCUT2D eigenvalue weighted by molar-refractivity contribution is -0.148. The number of carbonyl (C=O) groups excluding carboxylic acids is 2. The van der Waals surface area contributed by atoms with Crippen molar-refractivity contribution in [3.05, 3.63) is 35.8 Å². The molecule has 20 heavy (non-hydrogen) atoms. The largest absolute Gasteiger partial charge is 0.462 e. The number of aromatic nitrogens is 1. The molecule has 0 aliphatic heterocycles. The number of ketones is 1. The van der Waals surface area contributed by atoms with E-state index in [2.05, 4.69) is 0 Å². The first-order valence-corrected chi connectivity index (χ1v) is 6.38. The Bertz CT molecular complexity index is 673. The van der Waals surface area contributed by atoms with Gasteiger partial charge in [0.15, 0.2) is 5.78 Å². The summed E-state index contributed by atoms with van der Waals surface area (Å²) in [6, 6.07) is 4.51. The maximum absolute atomic E-state index is 14.0. The lowest BCUT2D eigenvalue weighted by Gasteiger charge is -2.09. The second-order valence-electron chi connectivity index (χ2n) is 4.90. The average molecular weight is 277 g/mol. The molecule has 106 valence electrons. The molecule has 1 heterocycles. The minimum absolute atomic E-state index is 0.122. The smallest absolute Gasteiger partial charge is 0.326 e. The van der Waals surface area contributed by atoms with Crippen LogP contribution in [-0.2, 0) is 16.1 Å².